The lowest BCUT2D eigenvalue weighted by Gasteiger charge is -2.27. The van der Waals surface area contributed by atoms with E-state index in [0.29, 0.717) is 13.0 Å². The minimum Gasteiger partial charge on any atom is -0.480 e. The molecule has 3 N–H and O–H groups in total. The van der Waals surface area contributed by atoms with Gasteiger partial charge in [-0.2, -0.15) is 11.8 Å². The number of carbonyl (C=O) groups is 2. The monoisotopic (exact) mass is 288 g/mol. The van der Waals surface area contributed by atoms with Crippen LogP contribution in [0.25, 0.3) is 0 Å². The molecule has 1 saturated carbocycles. The van der Waals surface area contributed by atoms with E-state index < -0.39 is 12.0 Å². The number of rotatable bonds is 7. The Labute approximate surface area is 118 Å². The number of aliphatic carboxylic acids is 1. The number of carboxylic acid groups (broad SMARTS) is 1. The van der Waals surface area contributed by atoms with Gasteiger partial charge in [0.25, 0.3) is 0 Å². The number of hydrogen-bond acceptors (Lipinski definition) is 3. The van der Waals surface area contributed by atoms with Gasteiger partial charge in [0.2, 0.25) is 0 Å². The van der Waals surface area contributed by atoms with Gasteiger partial charge in [0.05, 0.1) is 0 Å². The maximum atomic E-state index is 11.8. The molecule has 0 bridgehead atoms. The third kappa shape index (κ3) is 4.93. The second kappa shape index (κ2) is 7.62. The number of carbonyl (C=O) groups excluding carboxylic acids is 1. The van der Waals surface area contributed by atoms with Crippen molar-refractivity contribution in [2.75, 3.05) is 12.8 Å². The van der Waals surface area contributed by atoms with Crippen molar-refractivity contribution in [1.29, 1.82) is 0 Å². The van der Waals surface area contributed by atoms with Crippen molar-refractivity contribution in [1.82, 2.24) is 10.6 Å². The van der Waals surface area contributed by atoms with E-state index in [9.17, 15) is 9.59 Å². The van der Waals surface area contributed by atoms with Gasteiger partial charge in [0.15, 0.2) is 0 Å². The number of thioether (sulfide) groups is 1. The Bertz CT molecular complexity index is 317. The summed E-state index contributed by atoms with van der Waals surface area (Å²) >= 11 is 1.80. The van der Waals surface area contributed by atoms with Crippen LogP contribution in [0.5, 0.6) is 0 Å². The lowest BCUT2D eigenvalue weighted by Crippen LogP contribution is -2.49. The Morgan fingerprint density at radius 1 is 1.37 bits per heavy atom. The molecule has 0 aromatic heterocycles. The molecule has 0 aromatic rings. The molecule has 0 heterocycles. The Balaban J connectivity index is 2.39. The number of amides is 2. The van der Waals surface area contributed by atoms with Crippen molar-refractivity contribution in [3.8, 4) is 0 Å². The summed E-state index contributed by atoms with van der Waals surface area (Å²) < 4.78 is 0.140. The molecule has 5 nitrogen and oxygen atoms in total. The number of urea groups is 1. The van der Waals surface area contributed by atoms with Gasteiger partial charge >= 0.3 is 12.0 Å². The summed E-state index contributed by atoms with van der Waals surface area (Å²) in [6.45, 7) is 2.51. The molecule has 0 radical (unpaired) electrons. The van der Waals surface area contributed by atoms with E-state index in [1.807, 2.05) is 6.92 Å². The maximum absolute atomic E-state index is 11.8. The van der Waals surface area contributed by atoms with Gasteiger partial charge < -0.3 is 15.7 Å². The molecule has 1 aliphatic rings. The van der Waals surface area contributed by atoms with Gasteiger partial charge in [-0.3, -0.25) is 0 Å². The average Bonchev–Trinajstić information content (AvgIpc) is 2.85. The quantitative estimate of drug-likeness (QED) is 0.671. The Kier molecular flexibility index (Phi) is 6.48. The summed E-state index contributed by atoms with van der Waals surface area (Å²) in [4.78, 5) is 22.7. The number of nitrogens with one attached hydrogen (secondary N) is 2. The molecule has 1 atom stereocenters. The zero-order chi connectivity index (χ0) is 14.3. The first-order chi connectivity index (χ1) is 9.03. The van der Waals surface area contributed by atoms with Crippen LogP contribution in [-0.2, 0) is 4.79 Å². The van der Waals surface area contributed by atoms with Crippen molar-refractivity contribution in [3.05, 3.63) is 0 Å². The van der Waals surface area contributed by atoms with E-state index in [4.69, 9.17) is 5.11 Å². The highest BCUT2D eigenvalue weighted by Gasteiger charge is 2.33. The van der Waals surface area contributed by atoms with Crippen molar-refractivity contribution < 1.29 is 14.7 Å². The first kappa shape index (κ1) is 16.1. The van der Waals surface area contributed by atoms with Crippen molar-refractivity contribution in [3.63, 3.8) is 0 Å². The number of carboxylic acids is 1. The third-order valence-corrected chi connectivity index (χ3v) is 5.12. The summed E-state index contributed by atoms with van der Waals surface area (Å²) in [6.07, 6.45) is 7.90. The lowest BCUT2D eigenvalue weighted by atomic mass is 10.1. The van der Waals surface area contributed by atoms with Gasteiger partial charge in [-0.1, -0.05) is 26.2 Å². The third-order valence-electron chi connectivity index (χ3n) is 3.70. The van der Waals surface area contributed by atoms with E-state index in [1.165, 1.54) is 12.8 Å². The summed E-state index contributed by atoms with van der Waals surface area (Å²) in [5.41, 5.74) is 0. The zero-order valence-electron chi connectivity index (χ0n) is 11.7. The van der Waals surface area contributed by atoms with Crippen LogP contribution in [0.4, 0.5) is 4.79 Å². The van der Waals surface area contributed by atoms with Crippen LogP contribution in [0, 0.1) is 0 Å². The molecule has 6 heteroatoms. The van der Waals surface area contributed by atoms with E-state index in [1.54, 1.807) is 11.8 Å². The van der Waals surface area contributed by atoms with Gasteiger partial charge in [0, 0.05) is 11.3 Å². The van der Waals surface area contributed by atoms with E-state index in [0.717, 1.165) is 19.3 Å². The summed E-state index contributed by atoms with van der Waals surface area (Å²) in [5.74, 6) is -0.975. The highest BCUT2D eigenvalue weighted by atomic mass is 32.2. The van der Waals surface area contributed by atoms with Gasteiger partial charge in [-0.05, 0) is 25.5 Å². The molecule has 0 aromatic carbocycles. The van der Waals surface area contributed by atoms with Crippen molar-refractivity contribution in [2.45, 2.75) is 56.2 Å². The molecule has 1 aliphatic carbocycles. The lowest BCUT2D eigenvalue weighted by molar-refractivity contribution is -0.139. The van der Waals surface area contributed by atoms with Crippen LogP contribution in [0.15, 0.2) is 0 Å². The average molecular weight is 288 g/mol. The first-order valence-corrected chi connectivity index (χ1v) is 8.08. The smallest absolute Gasteiger partial charge is 0.326 e. The largest absolute Gasteiger partial charge is 0.480 e. The minimum absolute atomic E-state index is 0.140. The van der Waals surface area contributed by atoms with Crippen LogP contribution in [-0.4, -0.2) is 40.7 Å². The van der Waals surface area contributed by atoms with Crippen LogP contribution >= 0.6 is 11.8 Å². The van der Waals surface area contributed by atoms with Gasteiger partial charge in [0.1, 0.15) is 6.04 Å². The van der Waals surface area contributed by atoms with Gasteiger partial charge in [-0.15, -0.1) is 0 Å². The van der Waals surface area contributed by atoms with Crippen LogP contribution < -0.4 is 10.6 Å². The summed E-state index contributed by atoms with van der Waals surface area (Å²) in [6, 6.07) is -1.17. The van der Waals surface area contributed by atoms with Gasteiger partial charge in [-0.25, -0.2) is 9.59 Å². The molecule has 1 unspecified atom stereocenters. The minimum atomic E-state index is -0.975. The van der Waals surface area contributed by atoms with Crippen molar-refractivity contribution in [2.24, 2.45) is 0 Å². The zero-order valence-corrected chi connectivity index (χ0v) is 12.5. The molecule has 0 saturated heterocycles. The predicted octanol–water partition coefficient (Wildman–Crippen LogP) is 2.21. The molecule has 2 amide bonds. The Morgan fingerprint density at radius 2 is 2.00 bits per heavy atom. The van der Waals surface area contributed by atoms with Crippen molar-refractivity contribution >= 4 is 23.8 Å². The van der Waals surface area contributed by atoms with Crippen LogP contribution in [0.1, 0.15) is 45.4 Å². The Morgan fingerprint density at radius 3 is 2.47 bits per heavy atom. The fraction of sp³-hybridized carbons (Fsp3) is 0.846. The molecule has 1 rings (SSSR count). The fourth-order valence-corrected chi connectivity index (χ4v) is 3.38. The second-order valence-electron chi connectivity index (χ2n) is 5.10. The van der Waals surface area contributed by atoms with Crippen LogP contribution in [0.3, 0.4) is 0 Å². The highest BCUT2D eigenvalue weighted by Crippen LogP contribution is 2.39. The molecule has 19 heavy (non-hydrogen) atoms. The fourth-order valence-electron chi connectivity index (χ4n) is 2.47. The second-order valence-corrected chi connectivity index (χ2v) is 6.38. The first-order valence-electron chi connectivity index (χ1n) is 6.85. The molecular weight excluding hydrogens is 264 g/mol. The summed E-state index contributed by atoms with van der Waals surface area (Å²) in [7, 11) is 0. The molecule has 0 aliphatic heterocycles. The van der Waals surface area contributed by atoms with E-state index in [2.05, 4.69) is 16.9 Å². The van der Waals surface area contributed by atoms with E-state index in [-0.39, 0.29) is 10.8 Å². The van der Waals surface area contributed by atoms with Crippen LogP contribution in [0.2, 0.25) is 0 Å². The standard InChI is InChI=1S/C13H24N2O3S/c1-3-6-10(11(16)17)15-12(18)14-9-13(19-2)7-4-5-8-13/h10H,3-9H2,1-2H3,(H,16,17)(H2,14,15,18). The predicted molar refractivity (Wildman–Crippen MR) is 77.6 cm³/mol. The summed E-state index contributed by atoms with van der Waals surface area (Å²) in [5, 5.41) is 14.3. The molecule has 1 fully saturated rings. The topological polar surface area (TPSA) is 78.4 Å². The SMILES string of the molecule is CCCC(NC(=O)NCC1(SC)CCCC1)C(=O)O. The molecular formula is C13H24N2O3S. The Hall–Kier alpha value is -0.910. The number of hydrogen-bond donors (Lipinski definition) is 3. The molecule has 110 valence electrons. The molecule has 0 spiro atoms. The maximum Gasteiger partial charge on any atom is 0.326 e. The normalized spacial score (nSPS) is 18.8. The van der Waals surface area contributed by atoms with E-state index >= 15 is 0 Å². The highest BCUT2D eigenvalue weighted by molar-refractivity contribution is 8.00.